The van der Waals surface area contributed by atoms with E-state index in [1.807, 2.05) is 0 Å². The first-order valence-electron chi connectivity index (χ1n) is 8.40. The van der Waals surface area contributed by atoms with E-state index in [9.17, 15) is 0 Å². The maximum absolute atomic E-state index is 4.89. The predicted molar refractivity (Wildman–Crippen MR) is 126 cm³/mol. The van der Waals surface area contributed by atoms with Gasteiger partial charge in [0.05, 0.1) is 22.8 Å². The summed E-state index contributed by atoms with van der Waals surface area (Å²) in [6, 6.07) is 4.17. The Morgan fingerprint density at radius 1 is 0.750 bits per heavy atom. The Balaban J connectivity index is 0.00000227. The van der Waals surface area contributed by atoms with Crippen LogP contribution in [0.2, 0.25) is 0 Å². The van der Waals surface area contributed by atoms with Crippen LogP contribution in [0.5, 0.6) is 0 Å². The number of H-pyrrole nitrogens is 1. The third kappa shape index (κ3) is 9.95. The summed E-state index contributed by atoms with van der Waals surface area (Å²) in [4.78, 5) is 3.46. The third-order valence-corrected chi connectivity index (χ3v) is 7.20. The minimum atomic E-state index is -0.685. The normalized spacial score (nSPS) is 13.5. The SMILES string of the molecule is C/C(=N\P(N(C)C)N(C)C)c1ccc(/C(C)=N/P(N(C)C)N(C)C)[nH]1.[Cl][Fe][Cl]. The van der Waals surface area contributed by atoms with E-state index in [-0.39, 0.29) is 13.1 Å². The van der Waals surface area contributed by atoms with Crippen molar-refractivity contribution in [3.05, 3.63) is 23.5 Å². The molecule has 0 atom stereocenters. The second-order valence-corrected chi connectivity index (χ2v) is 13.1. The molecule has 0 aliphatic rings. The van der Waals surface area contributed by atoms with Crippen LogP contribution in [0.15, 0.2) is 21.7 Å². The Kier molecular flexibility index (Phi) is 14.6. The summed E-state index contributed by atoms with van der Waals surface area (Å²) in [6.45, 7) is 4.11. The van der Waals surface area contributed by atoms with E-state index >= 15 is 0 Å². The number of halogens is 2. The Morgan fingerprint density at radius 2 is 1.00 bits per heavy atom. The molecule has 1 heterocycles. The van der Waals surface area contributed by atoms with Gasteiger partial charge >= 0.3 is 33.3 Å². The van der Waals surface area contributed by atoms with Gasteiger partial charge in [-0.1, -0.05) is 0 Å². The van der Waals surface area contributed by atoms with Crippen molar-refractivity contribution in [2.24, 2.45) is 9.53 Å². The van der Waals surface area contributed by atoms with Crippen LogP contribution in [0.3, 0.4) is 0 Å². The van der Waals surface area contributed by atoms with Crippen LogP contribution >= 0.6 is 36.9 Å². The van der Waals surface area contributed by atoms with Crippen LogP contribution in [0.1, 0.15) is 25.2 Å². The minimum absolute atomic E-state index is 0.194. The summed E-state index contributed by atoms with van der Waals surface area (Å²) >= 11 is 0.194. The van der Waals surface area contributed by atoms with Crippen molar-refractivity contribution in [3.63, 3.8) is 0 Å². The van der Waals surface area contributed by atoms with Gasteiger partial charge < -0.3 is 4.98 Å². The number of aromatic nitrogens is 1. The molecule has 12 heteroatoms. The zero-order valence-electron chi connectivity index (χ0n) is 18.3. The van der Waals surface area contributed by atoms with Gasteiger partial charge in [0, 0.05) is 0 Å². The predicted octanol–water partition coefficient (Wildman–Crippen LogP) is 4.71. The third-order valence-electron chi connectivity index (χ3n) is 3.38. The van der Waals surface area contributed by atoms with Gasteiger partial charge in [-0.25, -0.2) is 9.53 Å². The second-order valence-electron chi connectivity index (χ2n) is 6.63. The van der Waals surface area contributed by atoms with E-state index in [4.69, 9.17) is 29.7 Å². The standard InChI is InChI=1S/C16H33N7P2.2ClH.Fe/c1-13(18-24(20(3)4)21(5)6)15-11-12-16(17-15)14(2)19-25(22(7)8)23(9)10;;;/h11-12,17H,1-10H3;2*1H;/q;;;+2/p-2/b18-13+,19-14+;;;. The van der Waals surface area contributed by atoms with E-state index in [1.54, 1.807) is 0 Å². The number of rotatable bonds is 8. The quantitative estimate of drug-likeness (QED) is 0.312. The average Bonchev–Trinajstić information content (AvgIpc) is 3.06. The number of hydrogen-bond donors (Lipinski definition) is 1. The van der Waals surface area contributed by atoms with Gasteiger partial charge in [-0.2, -0.15) is 0 Å². The fraction of sp³-hybridized carbons (Fsp3) is 0.625. The Morgan fingerprint density at radius 3 is 1.21 bits per heavy atom. The molecule has 0 radical (unpaired) electrons. The van der Waals surface area contributed by atoms with Crippen molar-refractivity contribution in [3.8, 4) is 0 Å². The molecular formula is C16H33Cl2FeN7P2. The van der Waals surface area contributed by atoms with Crippen LogP contribution < -0.4 is 0 Å². The summed E-state index contributed by atoms with van der Waals surface area (Å²) < 4.78 is 18.4. The number of nitrogens with one attached hydrogen (secondary N) is 1. The number of nitrogens with zero attached hydrogens (tertiary/aromatic N) is 6. The molecule has 0 aliphatic carbocycles. The molecule has 0 spiro atoms. The molecular weight excluding hydrogens is 479 g/mol. The summed E-state index contributed by atoms with van der Waals surface area (Å²) in [5.74, 6) is 0. The Hall–Kier alpha value is 0.419. The summed E-state index contributed by atoms with van der Waals surface area (Å²) in [6.07, 6.45) is 0. The molecule has 0 unspecified atom stereocenters. The van der Waals surface area contributed by atoms with Gasteiger partial charge in [-0.05, 0) is 82.4 Å². The first-order valence-corrected chi connectivity index (χ1v) is 13.8. The van der Waals surface area contributed by atoms with Gasteiger partial charge in [-0.15, -0.1) is 0 Å². The van der Waals surface area contributed by atoms with Crippen molar-refractivity contribution in [2.75, 3.05) is 56.4 Å². The summed E-state index contributed by atoms with van der Waals surface area (Å²) in [5.41, 5.74) is 4.10. The molecule has 28 heavy (non-hydrogen) atoms. The number of aromatic amines is 1. The molecule has 0 aliphatic heterocycles. The molecule has 0 bridgehead atoms. The van der Waals surface area contributed by atoms with E-state index < -0.39 is 16.7 Å². The molecule has 0 aromatic carbocycles. The van der Waals surface area contributed by atoms with Crippen LogP contribution in [-0.2, 0) is 13.1 Å². The molecule has 1 rings (SSSR count). The summed E-state index contributed by atoms with van der Waals surface area (Å²) in [7, 11) is 24.6. The molecule has 0 saturated carbocycles. The first-order chi connectivity index (χ1) is 13.0. The van der Waals surface area contributed by atoms with Crippen LogP contribution in [0, 0.1) is 0 Å². The van der Waals surface area contributed by atoms with Gasteiger partial charge in [0.15, 0.2) is 16.7 Å². The van der Waals surface area contributed by atoms with Crippen LogP contribution in [0.4, 0.5) is 0 Å². The number of hydrogen-bond acceptors (Lipinski definition) is 6. The topological polar surface area (TPSA) is 53.5 Å². The Labute approximate surface area is 188 Å². The molecule has 1 aromatic rings. The monoisotopic (exact) mass is 511 g/mol. The van der Waals surface area contributed by atoms with Gasteiger partial charge in [0.1, 0.15) is 0 Å². The van der Waals surface area contributed by atoms with Gasteiger partial charge in [0.2, 0.25) is 0 Å². The molecule has 1 N–H and O–H groups in total. The van der Waals surface area contributed by atoms with Gasteiger partial charge in [0.25, 0.3) is 0 Å². The molecule has 0 amide bonds. The molecule has 7 nitrogen and oxygen atoms in total. The Bertz CT molecular complexity index is 570. The van der Waals surface area contributed by atoms with Crippen LogP contribution in [-0.4, -0.2) is 91.5 Å². The molecule has 1 aromatic heterocycles. The average molecular weight is 512 g/mol. The van der Waals surface area contributed by atoms with E-state index in [0.29, 0.717) is 0 Å². The van der Waals surface area contributed by atoms with Crippen molar-refractivity contribution >= 4 is 48.4 Å². The fourth-order valence-corrected chi connectivity index (χ4v) is 5.17. The zero-order valence-corrected chi connectivity index (χ0v) is 22.7. The van der Waals surface area contributed by atoms with Gasteiger partial charge in [-0.3, -0.25) is 18.7 Å². The van der Waals surface area contributed by atoms with Crippen molar-refractivity contribution in [2.45, 2.75) is 13.8 Å². The molecule has 0 saturated heterocycles. The first kappa shape index (κ1) is 28.4. The van der Waals surface area contributed by atoms with E-state index in [0.717, 1.165) is 22.8 Å². The fourth-order valence-electron chi connectivity index (χ4n) is 2.27. The summed E-state index contributed by atoms with van der Waals surface area (Å²) in [5, 5.41) is 0. The molecule has 164 valence electrons. The second kappa shape index (κ2) is 14.4. The van der Waals surface area contributed by atoms with E-state index in [2.05, 4.69) is 106 Å². The van der Waals surface area contributed by atoms with Crippen molar-refractivity contribution in [1.82, 2.24) is 23.7 Å². The van der Waals surface area contributed by atoms with Crippen molar-refractivity contribution in [1.29, 1.82) is 0 Å². The maximum atomic E-state index is 4.89. The van der Waals surface area contributed by atoms with Crippen molar-refractivity contribution < 1.29 is 13.1 Å². The van der Waals surface area contributed by atoms with Crippen LogP contribution in [0.25, 0.3) is 0 Å². The zero-order chi connectivity index (χ0) is 22.0. The van der Waals surface area contributed by atoms with E-state index in [1.165, 1.54) is 0 Å². The molecule has 0 fully saturated rings.